The van der Waals surface area contributed by atoms with Gasteiger partial charge in [-0.1, -0.05) is 0 Å². The van der Waals surface area contributed by atoms with Gasteiger partial charge in [0, 0.05) is 13.2 Å². The van der Waals surface area contributed by atoms with Gasteiger partial charge in [0.05, 0.1) is 0 Å². The molecule has 0 fully saturated rings. The molecule has 0 aromatic heterocycles. The van der Waals surface area contributed by atoms with Crippen LogP contribution in [0, 0.1) is 0 Å². The minimum atomic E-state index is 0. The molecular weight excluding hydrogens is 196 g/mol. The van der Waals surface area contributed by atoms with E-state index in [4.69, 9.17) is 4.74 Å². The van der Waals surface area contributed by atoms with Gasteiger partial charge in [-0.05, 0) is 13.8 Å². The number of halogens is 1. The van der Waals surface area contributed by atoms with Gasteiger partial charge in [0.15, 0.2) is 0 Å². The summed E-state index contributed by atoms with van der Waals surface area (Å²) in [7, 11) is 0. The van der Waals surface area contributed by atoms with Gasteiger partial charge in [-0.2, -0.15) is 0 Å². The Kier molecular flexibility index (Phi) is 14.8. The number of ether oxygens (including phenoxy) is 1. The van der Waals surface area contributed by atoms with E-state index in [1.165, 1.54) is 3.69 Å². The molecule has 0 amide bonds. The predicted octanol–water partition coefficient (Wildman–Crippen LogP) is -1.47. The second kappa shape index (κ2) is 12.2. The fourth-order valence-corrected chi connectivity index (χ4v) is 0.954. The molecule has 0 N–H and O–H groups in total. The maximum atomic E-state index is 4.83. The fraction of sp³-hybridized carbons (Fsp3) is 0.400. The van der Waals surface area contributed by atoms with Crippen molar-refractivity contribution in [2.75, 3.05) is 13.2 Å². The molecule has 0 atom stereocenters. The van der Waals surface area contributed by atoms with Crippen LogP contribution in [0.4, 0.5) is 0 Å². The molecule has 0 bridgehead atoms. The Morgan fingerprint density at radius 3 is 1.69 bits per heavy atom. The van der Waals surface area contributed by atoms with E-state index in [9.17, 15) is 0 Å². The zero-order valence-corrected chi connectivity index (χ0v) is 10.5. The zero-order valence-electron chi connectivity index (χ0n) is 8.29. The normalized spacial score (nSPS) is 8.00. The van der Waals surface area contributed by atoms with Crippen LogP contribution in [0.2, 0.25) is 0 Å². The van der Waals surface area contributed by atoms with Crippen molar-refractivity contribution in [3.8, 4) is 0 Å². The van der Waals surface area contributed by atoms with Gasteiger partial charge in [-0.15, -0.1) is 0 Å². The summed E-state index contributed by atoms with van der Waals surface area (Å²) in [6, 6.07) is 10.3. The van der Waals surface area contributed by atoms with Crippen LogP contribution in [0.25, 0.3) is 0 Å². The third kappa shape index (κ3) is 12.2. The molecule has 0 saturated carbocycles. The first-order valence-corrected chi connectivity index (χ1v) is 4.96. The van der Waals surface area contributed by atoms with Crippen LogP contribution in [-0.4, -0.2) is 34.9 Å². The summed E-state index contributed by atoms with van der Waals surface area (Å²) in [5.74, 6) is 0. The molecule has 3 heteroatoms. The van der Waals surface area contributed by atoms with E-state index in [0.29, 0.717) is 0 Å². The van der Waals surface area contributed by atoms with Crippen molar-refractivity contribution in [3.05, 3.63) is 30.3 Å². The van der Waals surface area contributed by atoms with Crippen molar-refractivity contribution in [1.29, 1.82) is 0 Å². The molecule has 1 aromatic rings. The number of benzene rings is 1. The van der Waals surface area contributed by atoms with Gasteiger partial charge < -0.3 is 17.1 Å². The first-order chi connectivity index (χ1) is 5.81. The van der Waals surface area contributed by atoms with Crippen LogP contribution in [0.15, 0.2) is 30.3 Å². The molecule has 13 heavy (non-hydrogen) atoms. The summed E-state index contributed by atoms with van der Waals surface area (Å²) in [6.45, 7) is 5.67. The summed E-state index contributed by atoms with van der Waals surface area (Å²) in [5, 5.41) is 0. The van der Waals surface area contributed by atoms with Crippen molar-refractivity contribution >= 4 is 25.4 Å². The van der Waals surface area contributed by atoms with Crippen molar-refractivity contribution in [2.45, 2.75) is 13.8 Å². The van der Waals surface area contributed by atoms with Crippen LogP contribution < -0.4 is 16.1 Å². The standard InChI is InChI=1S/C6H5.C4H10O.ClH.Mg/c1-2-4-6-5-3-1;1-3-5-4-2;;/h1-5H;3-4H2,1-2H3;1H;/q;;;+1/p-1. The molecule has 0 aliphatic heterocycles. The summed E-state index contributed by atoms with van der Waals surface area (Å²) >= 11 is 1.90. The van der Waals surface area contributed by atoms with Gasteiger partial charge in [0.1, 0.15) is 0 Å². The zero-order chi connectivity index (χ0) is 9.23. The summed E-state index contributed by atoms with van der Waals surface area (Å²) in [6.07, 6.45) is 0. The molecule has 70 valence electrons. The van der Waals surface area contributed by atoms with Crippen molar-refractivity contribution in [3.63, 3.8) is 0 Å². The van der Waals surface area contributed by atoms with E-state index in [-0.39, 0.29) is 12.4 Å². The van der Waals surface area contributed by atoms with E-state index < -0.39 is 0 Å². The Hall–Kier alpha value is 0.236. The van der Waals surface area contributed by atoms with E-state index in [2.05, 4.69) is 12.1 Å². The number of hydrogen-bond acceptors (Lipinski definition) is 1. The summed E-state index contributed by atoms with van der Waals surface area (Å²) < 4.78 is 6.18. The maximum absolute atomic E-state index is 4.83. The molecule has 0 aliphatic carbocycles. The quantitative estimate of drug-likeness (QED) is 0.542. The fourth-order valence-electron chi connectivity index (χ4n) is 0.682. The van der Waals surface area contributed by atoms with Gasteiger partial charge in [-0.25, -0.2) is 0 Å². The Labute approximate surface area is 99.7 Å². The Bertz CT molecular complexity index is 178. The number of hydrogen-bond donors (Lipinski definition) is 0. The molecule has 0 saturated heterocycles. The average molecular weight is 211 g/mol. The summed E-state index contributed by atoms with van der Waals surface area (Å²) in [5.41, 5.74) is 0. The summed E-state index contributed by atoms with van der Waals surface area (Å²) in [4.78, 5) is 0. The predicted molar refractivity (Wildman–Crippen MR) is 54.0 cm³/mol. The van der Waals surface area contributed by atoms with Crippen LogP contribution in [0.3, 0.4) is 0 Å². The molecule has 0 spiro atoms. The van der Waals surface area contributed by atoms with Crippen LogP contribution >= 0.6 is 0 Å². The van der Waals surface area contributed by atoms with E-state index in [1.54, 1.807) is 0 Å². The third-order valence-electron chi connectivity index (χ3n) is 1.25. The molecular formula is C10H15ClMgO. The monoisotopic (exact) mass is 210 g/mol. The molecule has 0 aliphatic rings. The second-order valence-corrected chi connectivity index (χ2v) is 3.08. The van der Waals surface area contributed by atoms with Gasteiger partial charge in [0.25, 0.3) is 0 Å². The Morgan fingerprint density at radius 2 is 1.54 bits per heavy atom. The van der Waals surface area contributed by atoms with Crippen LogP contribution in [-0.2, 0) is 4.74 Å². The average Bonchev–Trinajstić information content (AvgIpc) is 2.08. The Balaban J connectivity index is 0. The third-order valence-corrected chi connectivity index (χ3v) is 1.72. The van der Waals surface area contributed by atoms with Gasteiger partial charge >= 0.3 is 55.7 Å². The van der Waals surface area contributed by atoms with E-state index >= 15 is 0 Å². The number of rotatable bonds is 2. The second-order valence-electron chi connectivity index (χ2n) is 2.27. The first kappa shape index (κ1) is 15.7. The first-order valence-electron chi connectivity index (χ1n) is 4.26. The Morgan fingerprint density at radius 1 is 1.08 bits per heavy atom. The molecule has 0 unspecified atom stereocenters. The van der Waals surface area contributed by atoms with E-state index in [0.717, 1.165) is 13.2 Å². The molecule has 0 radical (unpaired) electrons. The topological polar surface area (TPSA) is 9.23 Å². The van der Waals surface area contributed by atoms with Crippen molar-refractivity contribution < 1.29 is 17.1 Å². The molecule has 0 heterocycles. The molecule has 1 rings (SSSR count). The molecule has 1 aromatic carbocycles. The SMILES string of the molecule is CCOCC.[Cl-].[Mg+][c]1ccccc1. The van der Waals surface area contributed by atoms with Crippen molar-refractivity contribution in [2.24, 2.45) is 0 Å². The van der Waals surface area contributed by atoms with Gasteiger partial charge in [-0.3, -0.25) is 0 Å². The van der Waals surface area contributed by atoms with Crippen LogP contribution in [0.5, 0.6) is 0 Å². The van der Waals surface area contributed by atoms with Crippen molar-refractivity contribution in [1.82, 2.24) is 0 Å². The van der Waals surface area contributed by atoms with Crippen LogP contribution in [0.1, 0.15) is 13.8 Å². The van der Waals surface area contributed by atoms with E-state index in [1.807, 2.05) is 53.8 Å². The van der Waals surface area contributed by atoms with Gasteiger partial charge in [0.2, 0.25) is 0 Å². The molecule has 1 nitrogen and oxygen atoms in total. The minimum absolute atomic E-state index is 0.